The van der Waals surface area contributed by atoms with Gasteiger partial charge in [-0.25, -0.2) is 4.68 Å². The zero-order valence-corrected chi connectivity index (χ0v) is 16.3. The largest absolute Gasteiger partial charge is 0.279 e. The van der Waals surface area contributed by atoms with E-state index in [0.29, 0.717) is 0 Å². The standard InChI is InChI=1S/C18H26N4O2S/c1-13-8-6-7-9-16(13)22-17-11-18(2,3)10-15(14(17)12-19-22)20-25(23,24)21(4)5/h6-9,12,15,20H,10-11H2,1-5H3. The molecule has 25 heavy (non-hydrogen) atoms. The van der Waals surface area contributed by atoms with Gasteiger partial charge in [0.15, 0.2) is 0 Å². The number of benzene rings is 1. The van der Waals surface area contributed by atoms with Crippen LogP contribution in [-0.2, 0) is 16.6 Å². The smallest absolute Gasteiger partial charge is 0.237 e. The summed E-state index contributed by atoms with van der Waals surface area (Å²) in [6.07, 6.45) is 3.41. The number of hydrogen-bond acceptors (Lipinski definition) is 3. The topological polar surface area (TPSA) is 67.2 Å². The van der Waals surface area contributed by atoms with Crippen LogP contribution in [0.3, 0.4) is 0 Å². The highest BCUT2D eigenvalue weighted by molar-refractivity contribution is 7.87. The summed E-state index contributed by atoms with van der Waals surface area (Å²) < 4.78 is 30.7. The summed E-state index contributed by atoms with van der Waals surface area (Å²) in [6, 6.07) is 7.83. The summed E-state index contributed by atoms with van der Waals surface area (Å²) >= 11 is 0. The maximum atomic E-state index is 12.3. The molecule has 1 heterocycles. The quantitative estimate of drug-likeness (QED) is 0.909. The van der Waals surface area contributed by atoms with Crippen molar-refractivity contribution in [1.82, 2.24) is 18.8 Å². The molecule has 0 amide bonds. The first-order valence-corrected chi connectivity index (χ1v) is 9.87. The van der Waals surface area contributed by atoms with Crippen LogP contribution in [0.5, 0.6) is 0 Å². The molecule has 1 aliphatic rings. The van der Waals surface area contributed by atoms with Gasteiger partial charge in [-0.05, 0) is 36.8 Å². The first-order chi connectivity index (χ1) is 11.6. The summed E-state index contributed by atoms with van der Waals surface area (Å²) in [4.78, 5) is 0. The van der Waals surface area contributed by atoms with E-state index in [1.54, 1.807) is 6.20 Å². The number of aromatic nitrogens is 2. The van der Waals surface area contributed by atoms with E-state index in [1.165, 1.54) is 18.4 Å². The van der Waals surface area contributed by atoms with Gasteiger partial charge >= 0.3 is 0 Å². The molecule has 1 unspecified atom stereocenters. The lowest BCUT2D eigenvalue weighted by molar-refractivity contribution is 0.267. The second-order valence-corrected chi connectivity index (χ2v) is 9.66. The van der Waals surface area contributed by atoms with Crippen molar-refractivity contribution < 1.29 is 8.42 Å². The molecular formula is C18H26N4O2S. The highest BCUT2D eigenvalue weighted by Crippen LogP contribution is 2.41. The Hall–Kier alpha value is -1.70. The van der Waals surface area contributed by atoms with Gasteiger partial charge < -0.3 is 0 Å². The van der Waals surface area contributed by atoms with E-state index in [4.69, 9.17) is 0 Å². The van der Waals surface area contributed by atoms with E-state index in [0.717, 1.165) is 35.3 Å². The van der Waals surface area contributed by atoms with Crippen molar-refractivity contribution in [3.8, 4) is 5.69 Å². The van der Waals surface area contributed by atoms with Gasteiger partial charge in [0.05, 0.1) is 17.9 Å². The number of aryl methyl sites for hydroxylation is 1. The molecule has 1 aromatic heterocycles. The van der Waals surface area contributed by atoms with Crippen LogP contribution in [0.25, 0.3) is 5.69 Å². The molecule has 2 aromatic rings. The maximum Gasteiger partial charge on any atom is 0.279 e. The summed E-state index contributed by atoms with van der Waals surface area (Å²) in [5.74, 6) is 0. The molecule has 0 radical (unpaired) electrons. The summed E-state index contributed by atoms with van der Waals surface area (Å²) in [6.45, 7) is 6.40. The summed E-state index contributed by atoms with van der Waals surface area (Å²) in [5.41, 5.74) is 4.20. The number of fused-ring (bicyclic) bond motifs is 1. The zero-order valence-electron chi connectivity index (χ0n) is 15.4. The van der Waals surface area contributed by atoms with Crippen LogP contribution in [0.4, 0.5) is 0 Å². The second kappa shape index (κ2) is 6.23. The van der Waals surface area contributed by atoms with Crippen molar-refractivity contribution in [2.24, 2.45) is 5.41 Å². The van der Waals surface area contributed by atoms with Crippen LogP contribution in [0, 0.1) is 12.3 Å². The van der Waals surface area contributed by atoms with Crippen molar-refractivity contribution in [3.63, 3.8) is 0 Å². The monoisotopic (exact) mass is 362 g/mol. The second-order valence-electron chi connectivity index (χ2n) is 7.75. The number of nitrogens with one attached hydrogen (secondary N) is 1. The van der Waals surface area contributed by atoms with Gasteiger partial charge in [0.1, 0.15) is 0 Å². The number of para-hydroxylation sites is 1. The molecule has 7 heteroatoms. The molecule has 0 saturated carbocycles. The molecule has 1 aromatic carbocycles. The van der Waals surface area contributed by atoms with Gasteiger partial charge in [-0.3, -0.25) is 0 Å². The van der Waals surface area contributed by atoms with Crippen LogP contribution < -0.4 is 4.72 Å². The Kier molecular flexibility index (Phi) is 4.51. The number of hydrogen-bond donors (Lipinski definition) is 1. The van der Waals surface area contributed by atoms with Crippen molar-refractivity contribution >= 4 is 10.2 Å². The summed E-state index contributed by atoms with van der Waals surface area (Å²) in [5, 5.41) is 4.59. The molecule has 136 valence electrons. The average Bonchev–Trinajstić information content (AvgIpc) is 2.89. The minimum atomic E-state index is -3.51. The third-order valence-electron chi connectivity index (χ3n) is 4.79. The van der Waals surface area contributed by atoms with Gasteiger partial charge in [0.25, 0.3) is 10.2 Å². The molecular weight excluding hydrogens is 336 g/mol. The van der Waals surface area contributed by atoms with Gasteiger partial charge in [0.2, 0.25) is 0 Å². The Morgan fingerprint density at radius 3 is 2.60 bits per heavy atom. The molecule has 1 aliphatic carbocycles. The first-order valence-electron chi connectivity index (χ1n) is 8.43. The van der Waals surface area contributed by atoms with E-state index in [1.807, 2.05) is 22.9 Å². The Bertz CT molecular complexity index is 884. The SMILES string of the molecule is Cc1ccccc1-n1ncc2c1CC(C)(C)CC2NS(=O)(=O)N(C)C. The molecule has 0 saturated heterocycles. The highest BCUT2D eigenvalue weighted by atomic mass is 32.2. The molecule has 0 fully saturated rings. The molecule has 0 spiro atoms. The zero-order chi connectivity index (χ0) is 18.4. The number of nitrogens with zero attached hydrogens (tertiary/aromatic N) is 3. The van der Waals surface area contributed by atoms with Crippen molar-refractivity contribution in [3.05, 3.63) is 47.3 Å². The van der Waals surface area contributed by atoms with Gasteiger partial charge in [-0.15, -0.1) is 0 Å². The Morgan fingerprint density at radius 1 is 1.28 bits per heavy atom. The minimum Gasteiger partial charge on any atom is -0.237 e. The van der Waals surface area contributed by atoms with Crippen LogP contribution in [0.1, 0.15) is 43.1 Å². The van der Waals surface area contributed by atoms with Crippen LogP contribution >= 0.6 is 0 Å². The van der Waals surface area contributed by atoms with Gasteiger partial charge in [-0.2, -0.15) is 22.5 Å². The summed E-state index contributed by atoms with van der Waals surface area (Å²) in [7, 11) is -0.437. The molecule has 6 nitrogen and oxygen atoms in total. The van der Waals surface area contributed by atoms with Gasteiger partial charge in [0, 0.05) is 25.4 Å². The van der Waals surface area contributed by atoms with E-state index in [9.17, 15) is 8.42 Å². The third-order valence-corrected chi connectivity index (χ3v) is 6.34. The lowest BCUT2D eigenvalue weighted by atomic mass is 9.74. The average molecular weight is 362 g/mol. The van der Waals surface area contributed by atoms with E-state index in [2.05, 4.69) is 36.7 Å². The first kappa shape index (κ1) is 18.1. The fourth-order valence-corrected chi connectivity index (χ4v) is 4.22. The lowest BCUT2D eigenvalue weighted by Gasteiger charge is -2.36. The molecule has 3 rings (SSSR count). The Balaban J connectivity index is 2.07. The molecule has 0 aliphatic heterocycles. The van der Waals surface area contributed by atoms with Crippen molar-refractivity contribution in [1.29, 1.82) is 0 Å². The van der Waals surface area contributed by atoms with Crippen molar-refractivity contribution in [2.75, 3.05) is 14.1 Å². The molecule has 1 N–H and O–H groups in total. The van der Waals surface area contributed by atoms with Crippen LogP contribution in [0.15, 0.2) is 30.5 Å². The van der Waals surface area contributed by atoms with Gasteiger partial charge in [-0.1, -0.05) is 32.0 Å². The lowest BCUT2D eigenvalue weighted by Crippen LogP contribution is -2.41. The fraction of sp³-hybridized carbons (Fsp3) is 0.500. The minimum absolute atomic E-state index is 0.0209. The highest BCUT2D eigenvalue weighted by Gasteiger charge is 2.37. The molecule has 0 bridgehead atoms. The van der Waals surface area contributed by atoms with Crippen LogP contribution in [-0.4, -0.2) is 36.6 Å². The Labute approximate surface area is 150 Å². The normalized spacial score (nSPS) is 19.8. The van der Waals surface area contributed by atoms with E-state index in [-0.39, 0.29) is 11.5 Å². The number of rotatable bonds is 4. The Morgan fingerprint density at radius 2 is 1.96 bits per heavy atom. The molecule has 1 atom stereocenters. The van der Waals surface area contributed by atoms with E-state index < -0.39 is 10.2 Å². The predicted molar refractivity (Wildman–Crippen MR) is 98.9 cm³/mol. The van der Waals surface area contributed by atoms with Crippen molar-refractivity contribution in [2.45, 2.75) is 39.7 Å². The predicted octanol–water partition coefficient (Wildman–Crippen LogP) is 2.59. The van der Waals surface area contributed by atoms with Crippen LogP contribution in [0.2, 0.25) is 0 Å². The third kappa shape index (κ3) is 3.49. The maximum absolute atomic E-state index is 12.3. The fourth-order valence-electron chi connectivity index (χ4n) is 3.44. The van der Waals surface area contributed by atoms with E-state index >= 15 is 0 Å².